The number of benzene rings is 1. The van der Waals surface area contributed by atoms with Crippen LogP contribution in [-0.4, -0.2) is 63.7 Å². The number of carboxylic acid groups (broad SMARTS) is 1. The van der Waals surface area contributed by atoms with E-state index in [0.29, 0.717) is 24.1 Å². The van der Waals surface area contributed by atoms with Crippen LogP contribution in [0.4, 0.5) is 9.18 Å². The number of rotatable bonds is 8. The molecule has 1 aromatic carbocycles. The van der Waals surface area contributed by atoms with E-state index in [1.54, 1.807) is 12.1 Å². The minimum absolute atomic E-state index is 0.155. The van der Waals surface area contributed by atoms with Gasteiger partial charge < -0.3 is 25.2 Å². The normalized spacial score (nSPS) is 20.4. The topological polar surface area (TPSA) is 164 Å². The summed E-state index contributed by atoms with van der Waals surface area (Å²) in [7, 11) is 0. The highest BCUT2D eigenvalue weighted by Gasteiger charge is 2.31. The van der Waals surface area contributed by atoms with Crippen LogP contribution in [0.2, 0.25) is 0 Å². The molecule has 0 bridgehead atoms. The molecule has 1 saturated carbocycles. The second-order valence-electron chi connectivity index (χ2n) is 9.78. The van der Waals surface area contributed by atoms with Crippen molar-refractivity contribution in [3.05, 3.63) is 42.0 Å². The summed E-state index contributed by atoms with van der Waals surface area (Å²) in [5.41, 5.74) is 5.94. The van der Waals surface area contributed by atoms with Gasteiger partial charge in [-0.3, -0.25) is 15.5 Å². The fraction of sp³-hybridized carbons (Fsp3) is 0.500. The quantitative estimate of drug-likeness (QED) is 0.298. The van der Waals surface area contributed by atoms with Gasteiger partial charge in [0.15, 0.2) is 5.96 Å². The molecule has 0 unspecified atom stereocenters. The molecule has 0 radical (unpaired) electrons. The third-order valence-electron chi connectivity index (χ3n) is 7.27. The molecule has 2 aromatic rings. The van der Waals surface area contributed by atoms with Crippen LogP contribution in [0.15, 0.2) is 30.6 Å². The molecule has 11 nitrogen and oxygen atoms in total. The number of alkyl carbamates (subject to hydrolysis) is 1. The monoisotopic (exact) mass is 528 g/mol. The highest BCUT2D eigenvalue weighted by atomic mass is 19.1. The molecular formula is C26H33FN6O5. The number of nitrogens with two attached hydrogens (primary N) is 1. The van der Waals surface area contributed by atoms with Gasteiger partial charge in [0.05, 0.1) is 12.5 Å². The van der Waals surface area contributed by atoms with Crippen molar-refractivity contribution >= 4 is 18.0 Å². The van der Waals surface area contributed by atoms with Gasteiger partial charge in [-0.25, -0.2) is 19.2 Å². The lowest BCUT2D eigenvalue weighted by molar-refractivity contribution is -0.143. The Morgan fingerprint density at radius 3 is 2.45 bits per heavy atom. The summed E-state index contributed by atoms with van der Waals surface area (Å²) in [6.07, 6.45) is 7.46. The van der Waals surface area contributed by atoms with Crippen LogP contribution in [0, 0.1) is 23.1 Å². The number of guanidine groups is 1. The molecule has 1 amide bonds. The van der Waals surface area contributed by atoms with Gasteiger partial charge in [-0.1, -0.05) is 18.2 Å². The molecule has 4 rings (SSSR count). The lowest BCUT2D eigenvalue weighted by Crippen LogP contribution is -2.44. The molecule has 1 saturated heterocycles. The Morgan fingerprint density at radius 2 is 1.82 bits per heavy atom. The smallest absolute Gasteiger partial charge is 0.414 e. The van der Waals surface area contributed by atoms with Crippen molar-refractivity contribution < 1.29 is 28.6 Å². The van der Waals surface area contributed by atoms with Gasteiger partial charge in [0, 0.05) is 35.1 Å². The zero-order valence-corrected chi connectivity index (χ0v) is 21.1. The van der Waals surface area contributed by atoms with E-state index in [1.165, 1.54) is 18.5 Å². The van der Waals surface area contributed by atoms with Crippen LogP contribution in [0.25, 0.3) is 11.1 Å². The zero-order chi connectivity index (χ0) is 27.1. The van der Waals surface area contributed by atoms with Gasteiger partial charge in [0.25, 0.3) is 0 Å². The number of aromatic nitrogens is 2. The van der Waals surface area contributed by atoms with Crippen LogP contribution in [0.5, 0.6) is 6.01 Å². The van der Waals surface area contributed by atoms with E-state index in [2.05, 4.69) is 14.9 Å². The molecule has 2 heterocycles. The summed E-state index contributed by atoms with van der Waals surface area (Å²) >= 11 is 0. The van der Waals surface area contributed by atoms with Crippen LogP contribution in [-0.2, 0) is 16.1 Å². The number of carboxylic acids is 1. The maximum Gasteiger partial charge on any atom is 0.414 e. The minimum Gasteiger partial charge on any atom is -0.481 e. The summed E-state index contributed by atoms with van der Waals surface area (Å²) in [4.78, 5) is 33.6. The average molecular weight is 529 g/mol. The van der Waals surface area contributed by atoms with Gasteiger partial charge in [0.1, 0.15) is 12.4 Å². The first-order valence-corrected chi connectivity index (χ1v) is 12.8. The molecule has 1 aliphatic carbocycles. The zero-order valence-electron chi connectivity index (χ0n) is 21.1. The molecule has 0 atom stereocenters. The molecule has 1 aromatic heterocycles. The van der Waals surface area contributed by atoms with E-state index < -0.39 is 23.8 Å². The van der Waals surface area contributed by atoms with E-state index >= 15 is 0 Å². The number of hydrogen-bond donors (Lipinski definition) is 4. The van der Waals surface area contributed by atoms with Crippen molar-refractivity contribution in [2.75, 3.05) is 19.7 Å². The first-order valence-electron chi connectivity index (χ1n) is 12.8. The number of nitrogens with one attached hydrogen (secondary N) is 2. The van der Waals surface area contributed by atoms with Gasteiger partial charge in [0.2, 0.25) is 0 Å². The van der Waals surface area contributed by atoms with Gasteiger partial charge in [-0.05, 0) is 57.5 Å². The largest absolute Gasteiger partial charge is 0.481 e. The summed E-state index contributed by atoms with van der Waals surface area (Å²) < 4.78 is 25.7. The molecular weight excluding hydrogens is 495 g/mol. The highest BCUT2D eigenvalue weighted by Crippen LogP contribution is 2.31. The maximum absolute atomic E-state index is 15.0. The van der Waals surface area contributed by atoms with Crippen molar-refractivity contribution in [2.24, 2.45) is 17.6 Å². The molecule has 38 heavy (non-hydrogen) atoms. The van der Waals surface area contributed by atoms with E-state index in [0.717, 1.165) is 51.6 Å². The fourth-order valence-corrected chi connectivity index (χ4v) is 5.10. The van der Waals surface area contributed by atoms with Crippen LogP contribution >= 0.6 is 0 Å². The maximum atomic E-state index is 15.0. The molecule has 0 spiro atoms. The summed E-state index contributed by atoms with van der Waals surface area (Å²) in [6.45, 7) is 2.13. The summed E-state index contributed by atoms with van der Waals surface area (Å²) in [6, 6.07) is 5.41. The Kier molecular flexibility index (Phi) is 9.06. The number of ether oxygens (including phenoxy) is 2. The Labute approximate surface area is 220 Å². The Bertz CT molecular complexity index is 1130. The number of halogens is 1. The second kappa shape index (κ2) is 12.6. The number of nitrogens with zero attached hydrogens (tertiary/aromatic N) is 3. The van der Waals surface area contributed by atoms with E-state index in [1.807, 2.05) is 5.32 Å². The number of hydrogen-bond acceptors (Lipinski definition) is 8. The molecule has 12 heteroatoms. The van der Waals surface area contributed by atoms with Crippen LogP contribution < -0.4 is 15.8 Å². The molecule has 2 aliphatic rings. The lowest BCUT2D eigenvalue weighted by atomic mass is 9.84. The number of piperidine rings is 1. The van der Waals surface area contributed by atoms with E-state index in [4.69, 9.17) is 20.6 Å². The number of aliphatic carboxylic acids is 1. The average Bonchev–Trinajstić information content (AvgIpc) is 2.92. The van der Waals surface area contributed by atoms with Crippen molar-refractivity contribution in [1.29, 1.82) is 5.41 Å². The Balaban J connectivity index is 1.24. The third-order valence-corrected chi connectivity index (χ3v) is 7.27. The summed E-state index contributed by atoms with van der Waals surface area (Å²) in [5.74, 6) is -1.60. The van der Waals surface area contributed by atoms with Gasteiger partial charge in [-0.15, -0.1) is 0 Å². The molecule has 204 valence electrons. The standard InChI is InChI=1S/C26H33FN6O5/c27-22-18(15-38-26(36)32-24(28)29)2-1-3-21(22)19-12-30-25(31-13-19)37-14-16-8-10-33(11-9-16)20-6-4-17(5-7-20)23(34)35/h1-3,12-13,16-17,20H,4-11,14-15H2,(H,34,35)(H4,28,29,32,36). The third kappa shape index (κ3) is 7.15. The number of carbonyl (C=O) groups excluding carboxylic acids is 1. The van der Waals surface area contributed by atoms with Crippen LogP contribution in [0.1, 0.15) is 44.1 Å². The van der Waals surface area contributed by atoms with Crippen molar-refractivity contribution in [1.82, 2.24) is 20.2 Å². The fourth-order valence-electron chi connectivity index (χ4n) is 5.10. The Morgan fingerprint density at radius 1 is 1.13 bits per heavy atom. The van der Waals surface area contributed by atoms with Gasteiger partial charge in [-0.2, -0.15) is 0 Å². The molecule has 5 N–H and O–H groups in total. The van der Waals surface area contributed by atoms with Crippen molar-refractivity contribution in [2.45, 2.75) is 51.2 Å². The second-order valence-corrected chi connectivity index (χ2v) is 9.78. The van der Waals surface area contributed by atoms with E-state index in [9.17, 15) is 19.1 Å². The highest BCUT2D eigenvalue weighted by molar-refractivity contribution is 5.90. The molecule has 2 fully saturated rings. The first kappa shape index (κ1) is 27.2. The van der Waals surface area contributed by atoms with Crippen molar-refractivity contribution in [3.63, 3.8) is 0 Å². The van der Waals surface area contributed by atoms with Gasteiger partial charge >= 0.3 is 18.1 Å². The summed E-state index contributed by atoms with van der Waals surface area (Å²) in [5, 5.41) is 18.2. The molecule has 1 aliphatic heterocycles. The number of amides is 1. The number of likely N-dealkylation sites (tertiary alicyclic amines) is 1. The SMILES string of the molecule is N=C(N)NC(=O)OCc1cccc(-c2cnc(OCC3CCN(C4CCC(C(=O)O)CC4)CC3)nc2)c1F. The first-order chi connectivity index (χ1) is 18.3. The number of carbonyl (C=O) groups is 2. The predicted molar refractivity (Wildman–Crippen MR) is 136 cm³/mol. The predicted octanol–water partition coefficient (Wildman–Crippen LogP) is 3.14. The Hall–Kier alpha value is -3.80. The van der Waals surface area contributed by atoms with E-state index in [-0.39, 0.29) is 29.7 Å². The van der Waals surface area contributed by atoms with Crippen molar-refractivity contribution in [3.8, 4) is 17.1 Å². The lowest BCUT2D eigenvalue weighted by Gasteiger charge is -2.40. The van der Waals surface area contributed by atoms with Crippen LogP contribution in [0.3, 0.4) is 0 Å². The minimum atomic E-state index is -0.944.